The molecule has 5 nitrogen and oxygen atoms in total. The molecule has 0 saturated carbocycles. The quantitative estimate of drug-likeness (QED) is 0.550. The monoisotopic (exact) mass is 281 g/mol. The van der Waals surface area contributed by atoms with Crippen LogP contribution < -0.4 is 11.3 Å². The Morgan fingerprint density at radius 1 is 1.14 bits per heavy atom. The van der Waals surface area contributed by atoms with E-state index in [4.69, 9.17) is 10.8 Å². The zero-order chi connectivity index (χ0) is 14.7. The van der Waals surface area contributed by atoms with Crippen molar-refractivity contribution in [3.05, 3.63) is 60.2 Å². The summed E-state index contributed by atoms with van der Waals surface area (Å²) in [6, 6.07) is 12.3. The van der Waals surface area contributed by atoms with Crippen molar-refractivity contribution in [1.29, 1.82) is 0 Å². The van der Waals surface area contributed by atoms with Gasteiger partial charge in [-0.3, -0.25) is 16.3 Å². The molecule has 0 aliphatic carbocycles. The number of benzene rings is 1. The molecule has 0 fully saturated rings. The zero-order valence-electron chi connectivity index (χ0n) is 12.0. The summed E-state index contributed by atoms with van der Waals surface area (Å²) >= 11 is 0. The number of fused-ring (bicyclic) bond motifs is 1. The number of hydrogen-bond acceptors (Lipinski definition) is 4. The molecule has 0 radical (unpaired) electrons. The van der Waals surface area contributed by atoms with Gasteiger partial charge in [0, 0.05) is 31.9 Å². The van der Waals surface area contributed by atoms with Crippen LogP contribution in [0.3, 0.4) is 0 Å². The van der Waals surface area contributed by atoms with E-state index in [1.807, 2.05) is 37.4 Å². The van der Waals surface area contributed by atoms with Crippen molar-refractivity contribution in [2.45, 2.75) is 18.9 Å². The lowest BCUT2D eigenvalue weighted by atomic mass is 10.0. The summed E-state index contributed by atoms with van der Waals surface area (Å²) in [5.41, 5.74) is 6.28. The van der Waals surface area contributed by atoms with Crippen LogP contribution >= 0.6 is 0 Å². The van der Waals surface area contributed by atoms with E-state index in [1.54, 1.807) is 12.4 Å². The largest absolute Gasteiger partial charge is 0.331 e. The van der Waals surface area contributed by atoms with E-state index < -0.39 is 0 Å². The Morgan fingerprint density at radius 2 is 1.90 bits per heavy atom. The first-order chi connectivity index (χ1) is 10.3. The molecule has 1 atom stereocenters. The van der Waals surface area contributed by atoms with E-state index in [1.165, 1.54) is 5.56 Å². The molecule has 108 valence electrons. The van der Waals surface area contributed by atoms with Crippen molar-refractivity contribution in [1.82, 2.24) is 20.0 Å². The number of imidazole rings is 1. The molecule has 1 aromatic carbocycles. The number of aromatic nitrogens is 3. The molecule has 3 aromatic rings. The molecule has 0 saturated heterocycles. The highest BCUT2D eigenvalue weighted by molar-refractivity contribution is 5.75. The highest BCUT2D eigenvalue weighted by atomic mass is 15.2. The molecule has 2 heterocycles. The van der Waals surface area contributed by atoms with Gasteiger partial charge < -0.3 is 4.57 Å². The van der Waals surface area contributed by atoms with Crippen molar-refractivity contribution < 1.29 is 0 Å². The van der Waals surface area contributed by atoms with Crippen molar-refractivity contribution in [3.63, 3.8) is 0 Å². The third-order valence-corrected chi connectivity index (χ3v) is 3.78. The van der Waals surface area contributed by atoms with Gasteiger partial charge in [0.05, 0.1) is 11.0 Å². The van der Waals surface area contributed by atoms with Crippen LogP contribution in [0.25, 0.3) is 11.0 Å². The average molecular weight is 281 g/mol. The van der Waals surface area contributed by atoms with Gasteiger partial charge >= 0.3 is 0 Å². The van der Waals surface area contributed by atoms with Crippen LogP contribution in [0.5, 0.6) is 0 Å². The Morgan fingerprint density at radius 3 is 2.62 bits per heavy atom. The Kier molecular flexibility index (Phi) is 3.94. The number of nitrogens with two attached hydrogens (primary N) is 1. The predicted octanol–water partition coefficient (Wildman–Crippen LogP) is 1.59. The molecule has 1 unspecified atom stereocenters. The summed E-state index contributed by atoms with van der Waals surface area (Å²) < 4.78 is 2.13. The van der Waals surface area contributed by atoms with Crippen molar-refractivity contribution in [3.8, 4) is 0 Å². The molecule has 21 heavy (non-hydrogen) atoms. The van der Waals surface area contributed by atoms with Gasteiger partial charge in [0.15, 0.2) is 0 Å². The molecule has 0 aliphatic rings. The normalized spacial score (nSPS) is 12.7. The minimum atomic E-state index is 0.142. The molecule has 3 N–H and O–H groups in total. The number of hydrazine groups is 1. The van der Waals surface area contributed by atoms with E-state index in [-0.39, 0.29) is 6.04 Å². The number of nitrogens with zero attached hydrogens (tertiary/aromatic N) is 3. The third kappa shape index (κ3) is 2.94. The topological polar surface area (TPSA) is 68.8 Å². The molecule has 2 aromatic heterocycles. The fourth-order valence-electron chi connectivity index (χ4n) is 2.59. The lowest BCUT2D eigenvalue weighted by Crippen LogP contribution is -2.39. The van der Waals surface area contributed by atoms with E-state index in [9.17, 15) is 0 Å². The second-order valence-corrected chi connectivity index (χ2v) is 5.20. The number of nitrogens with one attached hydrogen (secondary N) is 1. The van der Waals surface area contributed by atoms with E-state index in [0.717, 1.165) is 29.7 Å². The summed E-state index contributed by atoms with van der Waals surface area (Å²) in [4.78, 5) is 8.73. The van der Waals surface area contributed by atoms with Crippen LogP contribution in [-0.4, -0.2) is 20.6 Å². The summed E-state index contributed by atoms with van der Waals surface area (Å²) in [7, 11) is 2.05. The minimum absolute atomic E-state index is 0.142. The maximum absolute atomic E-state index is 5.71. The number of hydrogen-bond donors (Lipinski definition) is 2. The van der Waals surface area contributed by atoms with Crippen LogP contribution in [0.4, 0.5) is 0 Å². The third-order valence-electron chi connectivity index (χ3n) is 3.78. The Bertz CT molecular complexity index is 720. The summed E-state index contributed by atoms with van der Waals surface area (Å²) in [6.07, 6.45) is 5.24. The van der Waals surface area contributed by atoms with Gasteiger partial charge in [0.2, 0.25) is 0 Å². The summed E-state index contributed by atoms with van der Waals surface area (Å²) in [6.45, 7) is 0. The van der Waals surface area contributed by atoms with Crippen LogP contribution in [0.15, 0.2) is 48.8 Å². The number of aryl methyl sites for hydroxylation is 1. The second-order valence-electron chi connectivity index (χ2n) is 5.20. The summed E-state index contributed by atoms with van der Waals surface area (Å²) in [5.74, 6) is 6.75. The lowest BCUT2D eigenvalue weighted by Gasteiger charge is -2.15. The number of rotatable bonds is 5. The van der Waals surface area contributed by atoms with Crippen LogP contribution in [0, 0.1) is 0 Å². The number of para-hydroxylation sites is 2. The standard InChI is InChI=1S/C16H19N5/c1-21-15-5-3-2-4-14(15)19-16(21)11-13(20-17)10-12-6-8-18-9-7-12/h2-9,13,20H,10-11,17H2,1H3. The van der Waals surface area contributed by atoms with Gasteiger partial charge in [0.25, 0.3) is 0 Å². The maximum Gasteiger partial charge on any atom is 0.111 e. The summed E-state index contributed by atoms with van der Waals surface area (Å²) in [5, 5.41) is 0. The molecule has 0 spiro atoms. The first kappa shape index (κ1) is 13.7. The first-order valence-electron chi connectivity index (χ1n) is 7.03. The minimum Gasteiger partial charge on any atom is -0.331 e. The van der Waals surface area contributed by atoms with Gasteiger partial charge in [-0.1, -0.05) is 12.1 Å². The van der Waals surface area contributed by atoms with E-state index >= 15 is 0 Å². The van der Waals surface area contributed by atoms with Gasteiger partial charge in [-0.15, -0.1) is 0 Å². The Balaban J connectivity index is 1.81. The fraction of sp³-hybridized carbons (Fsp3) is 0.250. The number of pyridine rings is 1. The molecule has 5 heteroatoms. The fourth-order valence-corrected chi connectivity index (χ4v) is 2.59. The van der Waals surface area contributed by atoms with Gasteiger partial charge in [-0.2, -0.15) is 0 Å². The molecule has 0 aliphatic heterocycles. The molecular formula is C16H19N5. The molecular weight excluding hydrogens is 262 g/mol. The van der Waals surface area contributed by atoms with Crippen molar-refractivity contribution in [2.24, 2.45) is 12.9 Å². The lowest BCUT2D eigenvalue weighted by molar-refractivity contribution is 0.506. The first-order valence-corrected chi connectivity index (χ1v) is 7.03. The Labute approximate surface area is 123 Å². The van der Waals surface area contributed by atoms with Crippen molar-refractivity contribution >= 4 is 11.0 Å². The zero-order valence-corrected chi connectivity index (χ0v) is 12.0. The molecule has 0 bridgehead atoms. The van der Waals surface area contributed by atoms with Gasteiger partial charge in [-0.05, 0) is 36.2 Å². The van der Waals surface area contributed by atoms with Gasteiger partial charge in [0.1, 0.15) is 5.82 Å². The van der Waals surface area contributed by atoms with Crippen LogP contribution in [0.2, 0.25) is 0 Å². The second kappa shape index (κ2) is 6.03. The van der Waals surface area contributed by atoms with E-state index in [2.05, 4.69) is 21.0 Å². The molecule has 0 amide bonds. The van der Waals surface area contributed by atoms with Crippen molar-refractivity contribution in [2.75, 3.05) is 0 Å². The highest BCUT2D eigenvalue weighted by Gasteiger charge is 2.14. The van der Waals surface area contributed by atoms with Crippen LogP contribution in [-0.2, 0) is 19.9 Å². The SMILES string of the molecule is Cn1c(CC(Cc2ccncc2)NN)nc2ccccc21. The predicted molar refractivity (Wildman–Crippen MR) is 83.5 cm³/mol. The maximum atomic E-state index is 5.71. The molecule has 3 rings (SSSR count). The highest BCUT2D eigenvalue weighted by Crippen LogP contribution is 2.16. The smallest absolute Gasteiger partial charge is 0.111 e. The Hall–Kier alpha value is -2.24. The van der Waals surface area contributed by atoms with Crippen LogP contribution in [0.1, 0.15) is 11.4 Å². The van der Waals surface area contributed by atoms with E-state index in [0.29, 0.717) is 0 Å². The van der Waals surface area contributed by atoms with Gasteiger partial charge in [-0.25, -0.2) is 4.98 Å². The average Bonchev–Trinajstić information content (AvgIpc) is 2.84.